The summed E-state index contributed by atoms with van der Waals surface area (Å²) in [5.41, 5.74) is 3.01. The van der Waals surface area contributed by atoms with Crippen LogP contribution in [0, 0.1) is 13.8 Å². The molecule has 0 amide bonds. The average Bonchev–Trinajstić information content (AvgIpc) is 2.71. The summed E-state index contributed by atoms with van der Waals surface area (Å²) in [4.78, 5) is 12.2. The fourth-order valence-corrected chi connectivity index (χ4v) is 2.82. The van der Waals surface area contributed by atoms with Crippen molar-refractivity contribution in [1.29, 1.82) is 0 Å². The van der Waals surface area contributed by atoms with Crippen LogP contribution in [0.25, 0.3) is 11.1 Å². The Bertz CT molecular complexity index is 599. The summed E-state index contributed by atoms with van der Waals surface area (Å²) < 4.78 is 5.33. The molecule has 0 bridgehead atoms. The Morgan fingerprint density at radius 3 is 2.67 bits per heavy atom. The fraction of sp³-hybridized carbons (Fsp3) is 0.214. The maximum atomic E-state index is 11.3. The molecule has 0 fully saturated rings. The summed E-state index contributed by atoms with van der Waals surface area (Å²) in [6.45, 7) is 3.90. The van der Waals surface area contributed by atoms with Gasteiger partial charge in [0.05, 0.1) is 12.7 Å². The minimum absolute atomic E-state index is 0.335. The van der Waals surface area contributed by atoms with Crippen LogP contribution >= 0.6 is 11.3 Å². The molecule has 0 aliphatic carbocycles. The number of ether oxygens (including phenoxy) is 1. The second-order valence-electron chi connectivity index (χ2n) is 4.09. The number of carboxylic acid groups (broad SMARTS) is 1. The standard InChI is InChI=1S/C14H14O3S/c1-8-4-5-12(17-3)10(6-8)13-9(2)18-7-11(13)14(15)16/h4-7H,1-3H3,(H,15,16). The number of thiophene rings is 1. The summed E-state index contributed by atoms with van der Waals surface area (Å²) in [6, 6.07) is 5.78. The van der Waals surface area contributed by atoms with Gasteiger partial charge in [0.15, 0.2) is 0 Å². The van der Waals surface area contributed by atoms with E-state index in [0.29, 0.717) is 11.3 Å². The largest absolute Gasteiger partial charge is 0.496 e. The van der Waals surface area contributed by atoms with E-state index < -0.39 is 5.97 Å². The van der Waals surface area contributed by atoms with Crippen molar-refractivity contribution in [3.63, 3.8) is 0 Å². The second kappa shape index (κ2) is 4.82. The van der Waals surface area contributed by atoms with Crippen molar-refractivity contribution in [2.24, 2.45) is 0 Å². The van der Waals surface area contributed by atoms with E-state index >= 15 is 0 Å². The van der Waals surface area contributed by atoms with Crippen LogP contribution in [0.15, 0.2) is 23.6 Å². The highest BCUT2D eigenvalue weighted by molar-refractivity contribution is 7.10. The summed E-state index contributed by atoms with van der Waals surface area (Å²) in [6.07, 6.45) is 0. The molecule has 1 N–H and O–H groups in total. The Morgan fingerprint density at radius 2 is 2.06 bits per heavy atom. The van der Waals surface area contributed by atoms with E-state index in [1.165, 1.54) is 11.3 Å². The molecule has 3 nitrogen and oxygen atoms in total. The highest BCUT2D eigenvalue weighted by atomic mass is 32.1. The molecule has 1 aromatic carbocycles. The van der Waals surface area contributed by atoms with Crippen LogP contribution in [0.2, 0.25) is 0 Å². The van der Waals surface area contributed by atoms with E-state index in [2.05, 4.69) is 0 Å². The van der Waals surface area contributed by atoms with Gasteiger partial charge in [-0.05, 0) is 26.0 Å². The Morgan fingerprint density at radius 1 is 1.33 bits per heavy atom. The molecule has 0 saturated heterocycles. The zero-order valence-electron chi connectivity index (χ0n) is 10.5. The smallest absolute Gasteiger partial charge is 0.337 e. The monoisotopic (exact) mass is 262 g/mol. The number of hydrogen-bond acceptors (Lipinski definition) is 3. The molecule has 0 unspecified atom stereocenters. The normalized spacial score (nSPS) is 10.4. The van der Waals surface area contributed by atoms with E-state index in [9.17, 15) is 9.90 Å². The number of methoxy groups -OCH3 is 1. The molecule has 1 aromatic heterocycles. The summed E-state index contributed by atoms with van der Waals surface area (Å²) >= 11 is 1.44. The van der Waals surface area contributed by atoms with E-state index in [-0.39, 0.29) is 0 Å². The van der Waals surface area contributed by atoms with Crippen LogP contribution in [0.4, 0.5) is 0 Å². The van der Waals surface area contributed by atoms with Gasteiger partial charge in [-0.15, -0.1) is 11.3 Å². The number of carboxylic acids is 1. The second-order valence-corrected chi connectivity index (χ2v) is 5.17. The lowest BCUT2D eigenvalue weighted by molar-refractivity contribution is 0.0698. The number of rotatable bonds is 3. The molecule has 0 spiro atoms. The van der Waals surface area contributed by atoms with Crippen molar-refractivity contribution in [1.82, 2.24) is 0 Å². The van der Waals surface area contributed by atoms with Crippen molar-refractivity contribution in [3.8, 4) is 16.9 Å². The summed E-state index contributed by atoms with van der Waals surface area (Å²) in [7, 11) is 1.59. The third-order valence-electron chi connectivity index (χ3n) is 2.83. The lowest BCUT2D eigenvalue weighted by Crippen LogP contribution is -1.98. The van der Waals surface area contributed by atoms with E-state index in [1.54, 1.807) is 12.5 Å². The summed E-state index contributed by atoms with van der Waals surface area (Å²) in [5.74, 6) is -0.206. The van der Waals surface area contributed by atoms with E-state index in [4.69, 9.17) is 4.74 Å². The zero-order chi connectivity index (χ0) is 13.3. The van der Waals surface area contributed by atoms with E-state index in [1.807, 2.05) is 32.0 Å². The molecule has 2 rings (SSSR count). The maximum absolute atomic E-state index is 11.3. The SMILES string of the molecule is COc1ccc(C)cc1-c1c(C(=O)O)csc1C. The molecule has 1 heterocycles. The predicted molar refractivity (Wildman–Crippen MR) is 72.7 cm³/mol. The lowest BCUT2D eigenvalue weighted by atomic mass is 9.99. The van der Waals surface area contributed by atoms with Crippen LogP contribution in [0.1, 0.15) is 20.8 Å². The van der Waals surface area contributed by atoms with Crippen molar-refractivity contribution in [2.75, 3.05) is 7.11 Å². The van der Waals surface area contributed by atoms with Crippen molar-refractivity contribution >= 4 is 17.3 Å². The van der Waals surface area contributed by atoms with Crippen molar-refractivity contribution in [2.45, 2.75) is 13.8 Å². The Labute approximate surface area is 110 Å². The quantitative estimate of drug-likeness (QED) is 0.916. The van der Waals surface area contributed by atoms with Gasteiger partial charge in [-0.3, -0.25) is 0 Å². The van der Waals surface area contributed by atoms with Gasteiger partial charge in [0, 0.05) is 21.4 Å². The molecule has 4 heteroatoms. The first kappa shape index (κ1) is 12.6. The van der Waals surface area contributed by atoms with Crippen LogP contribution in [0.5, 0.6) is 5.75 Å². The van der Waals surface area contributed by atoms with Crippen LogP contribution in [0.3, 0.4) is 0 Å². The topological polar surface area (TPSA) is 46.5 Å². The number of hydrogen-bond donors (Lipinski definition) is 1. The van der Waals surface area contributed by atoms with Crippen molar-refractivity contribution < 1.29 is 14.6 Å². The van der Waals surface area contributed by atoms with Gasteiger partial charge in [0.1, 0.15) is 5.75 Å². The molecule has 94 valence electrons. The van der Waals surface area contributed by atoms with Crippen LogP contribution in [-0.4, -0.2) is 18.2 Å². The van der Waals surface area contributed by atoms with Crippen LogP contribution < -0.4 is 4.74 Å². The van der Waals surface area contributed by atoms with Gasteiger partial charge in [-0.25, -0.2) is 4.79 Å². The molecule has 0 atom stereocenters. The minimum atomic E-state index is -0.905. The minimum Gasteiger partial charge on any atom is -0.496 e. The number of aromatic carboxylic acids is 1. The van der Waals surface area contributed by atoms with Gasteiger partial charge in [-0.2, -0.15) is 0 Å². The van der Waals surface area contributed by atoms with Crippen LogP contribution in [-0.2, 0) is 0 Å². The fourth-order valence-electron chi connectivity index (χ4n) is 1.96. The third-order valence-corrected chi connectivity index (χ3v) is 3.74. The van der Waals surface area contributed by atoms with Crippen molar-refractivity contribution in [3.05, 3.63) is 39.6 Å². The first-order valence-corrected chi connectivity index (χ1v) is 6.39. The third kappa shape index (κ3) is 2.11. The molecular weight excluding hydrogens is 248 g/mol. The molecule has 0 saturated carbocycles. The predicted octanol–water partition coefficient (Wildman–Crippen LogP) is 3.74. The number of carbonyl (C=O) groups is 1. The molecule has 0 aliphatic heterocycles. The maximum Gasteiger partial charge on any atom is 0.337 e. The first-order chi connectivity index (χ1) is 8.54. The molecule has 0 aliphatic rings. The summed E-state index contributed by atoms with van der Waals surface area (Å²) in [5, 5.41) is 10.9. The number of aryl methyl sites for hydroxylation is 2. The molecule has 2 aromatic rings. The Hall–Kier alpha value is -1.81. The number of benzene rings is 1. The Kier molecular flexibility index (Phi) is 3.39. The molecular formula is C14H14O3S. The molecule has 0 radical (unpaired) electrons. The highest BCUT2D eigenvalue weighted by Crippen LogP contribution is 2.38. The zero-order valence-corrected chi connectivity index (χ0v) is 11.3. The van der Waals surface area contributed by atoms with E-state index in [0.717, 1.165) is 21.6 Å². The molecule has 18 heavy (non-hydrogen) atoms. The Balaban J connectivity index is 2.71. The van der Waals surface area contributed by atoms with Gasteiger partial charge in [-0.1, -0.05) is 11.6 Å². The average molecular weight is 262 g/mol. The first-order valence-electron chi connectivity index (χ1n) is 5.51. The van der Waals surface area contributed by atoms with Gasteiger partial charge in [0.2, 0.25) is 0 Å². The lowest BCUT2D eigenvalue weighted by Gasteiger charge is -2.10. The van der Waals surface area contributed by atoms with Gasteiger partial charge < -0.3 is 9.84 Å². The highest BCUT2D eigenvalue weighted by Gasteiger charge is 2.19. The van der Waals surface area contributed by atoms with Gasteiger partial charge >= 0.3 is 5.97 Å². The van der Waals surface area contributed by atoms with Gasteiger partial charge in [0.25, 0.3) is 0 Å².